The van der Waals surface area contributed by atoms with Crippen molar-refractivity contribution in [2.24, 2.45) is 0 Å². The van der Waals surface area contributed by atoms with Gasteiger partial charge in [-0.05, 0) is 36.8 Å². The van der Waals surface area contributed by atoms with E-state index in [0.717, 1.165) is 11.6 Å². The molecule has 25 heavy (non-hydrogen) atoms. The molecule has 5 nitrogen and oxygen atoms in total. The molecule has 0 saturated carbocycles. The Morgan fingerprint density at radius 2 is 2.04 bits per heavy atom. The van der Waals surface area contributed by atoms with Crippen molar-refractivity contribution in [1.29, 1.82) is 0 Å². The van der Waals surface area contributed by atoms with Crippen molar-refractivity contribution in [3.05, 3.63) is 53.6 Å². The third kappa shape index (κ3) is 4.94. The molecule has 1 amide bonds. The van der Waals surface area contributed by atoms with Crippen LogP contribution in [0.25, 0.3) is 6.08 Å². The van der Waals surface area contributed by atoms with Gasteiger partial charge < -0.3 is 19.9 Å². The van der Waals surface area contributed by atoms with Crippen LogP contribution in [0.5, 0.6) is 17.2 Å². The Kier molecular flexibility index (Phi) is 5.94. The summed E-state index contributed by atoms with van der Waals surface area (Å²) in [5.41, 5.74) is 1.34. The second-order valence-electron chi connectivity index (χ2n) is 5.10. The molecule has 7 heteroatoms. The van der Waals surface area contributed by atoms with Crippen molar-refractivity contribution >= 4 is 17.7 Å². The first-order valence-corrected chi connectivity index (χ1v) is 7.31. The number of alkyl halides is 2. The number of methoxy groups -OCH3 is 1. The molecule has 2 aromatic carbocycles. The van der Waals surface area contributed by atoms with Gasteiger partial charge >= 0.3 is 6.61 Å². The van der Waals surface area contributed by atoms with Crippen LogP contribution in [-0.2, 0) is 4.79 Å². The number of hydrogen-bond acceptors (Lipinski definition) is 4. The number of benzene rings is 2. The predicted molar refractivity (Wildman–Crippen MR) is 90.1 cm³/mol. The number of para-hydroxylation sites is 1. The first-order chi connectivity index (χ1) is 11.9. The van der Waals surface area contributed by atoms with E-state index >= 15 is 0 Å². The molecule has 0 aromatic heterocycles. The summed E-state index contributed by atoms with van der Waals surface area (Å²) in [6.07, 6.45) is 2.47. The van der Waals surface area contributed by atoms with Crippen LogP contribution in [0.15, 0.2) is 42.5 Å². The Balaban J connectivity index is 2.19. The molecular weight excluding hydrogens is 332 g/mol. The Morgan fingerprint density at radius 1 is 1.28 bits per heavy atom. The van der Waals surface area contributed by atoms with Gasteiger partial charge in [0.05, 0.1) is 12.8 Å². The number of aryl methyl sites for hydroxylation is 1. The van der Waals surface area contributed by atoms with Crippen LogP contribution < -0.4 is 14.8 Å². The first kappa shape index (κ1) is 18.3. The summed E-state index contributed by atoms with van der Waals surface area (Å²) in [4.78, 5) is 12.0. The number of hydrogen-bond donors (Lipinski definition) is 2. The van der Waals surface area contributed by atoms with Gasteiger partial charge in [0.2, 0.25) is 5.91 Å². The van der Waals surface area contributed by atoms with E-state index in [1.807, 2.05) is 0 Å². The number of amides is 1. The van der Waals surface area contributed by atoms with Gasteiger partial charge in [0.1, 0.15) is 5.75 Å². The Hall–Kier alpha value is -3.09. The molecule has 0 radical (unpaired) electrons. The summed E-state index contributed by atoms with van der Waals surface area (Å²) in [5.74, 6) is -0.643. The zero-order chi connectivity index (χ0) is 18.4. The maximum Gasteiger partial charge on any atom is 0.387 e. The van der Waals surface area contributed by atoms with Gasteiger partial charge in [0.15, 0.2) is 11.5 Å². The SMILES string of the molecule is COc1cccc(/C=C/C(=O)Nc2ccc(C)cc2O)c1OC(F)F. The average Bonchev–Trinajstić information content (AvgIpc) is 2.56. The number of phenolic OH excluding ortho intramolecular Hbond substituents is 1. The predicted octanol–water partition coefficient (Wildman–Crippen LogP) is 3.96. The van der Waals surface area contributed by atoms with E-state index in [0.29, 0.717) is 0 Å². The van der Waals surface area contributed by atoms with Crippen molar-refractivity contribution in [1.82, 2.24) is 0 Å². The Labute approximate surface area is 143 Å². The van der Waals surface area contributed by atoms with Crippen LogP contribution in [-0.4, -0.2) is 24.7 Å². The molecule has 0 atom stereocenters. The Bertz CT molecular complexity index is 791. The minimum absolute atomic E-state index is 0.0650. The van der Waals surface area contributed by atoms with Gasteiger partial charge in [-0.15, -0.1) is 0 Å². The zero-order valence-electron chi connectivity index (χ0n) is 13.6. The summed E-state index contributed by atoms with van der Waals surface area (Å²) in [5, 5.41) is 12.3. The summed E-state index contributed by atoms with van der Waals surface area (Å²) in [7, 11) is 1.33. The second kappa shape index (κ2) is 8.14. The number of anilines is 1. The number of nitrogens with one attached hydrogen (secondary N) is 1. The maximum absolute atomic E-state index is 12.6. The highest BCUT2D eigenvalue weighted by Crippen LogP contribution is 2.33. The minimum Gasteiger partial charge on any atom is -0.506 e. The molecule has 0 aliphatic heterocycles. The van der Waals surface area contributed by atoms with Crippen LogP contribution in [0.1, 0.15) is 11.1 Å². The van der Waals surface area contributed by atoms with Gasteiger partial charge in [-0.1, -0.05) is 18.2 Å². The molecule has 2 aromatic rings. The largest absolute Gasteiger partial charge is 0.506 e. The summed E-state index contributed by atoms with van der Waals surface area (Å²) in [6, 6.07) is 9.37. The van der Waals surface area contributed by atoms with Crippen molar-refractivity contribution in [3.63, 3.8) is 0 Å². The standard InChI is InChI=1S/C18H17F2NO4/c1-11-6-8-13(14(22)10-11)21-16(23)9-7-12-4-3-5-15(24-2)17(12)25-18(19)20/h3-10,18,22H,1-2H3,(H,21,23)/b9-7+. The second-order valence-corrected chi connectivity index (χ2v) is 5.10. The normalized spacial score (nSPS) is 10.9. The fourth-order valence-corrected chi connectivity index (χ4v) is 2.13. The lowest BCUT2D eigenvalue weighted by Crippen LogP contribution is -2.08. The maximum atomic E-state index is 12.6. The highest BCUT2D eigenvalue weighted by molar-refractivity contribution is 6.03. The van der Waals surface area contributed by atoms with Crippen LogP contribution in [0.4, 0.5) is 14.5 Å². The number of phenols is 1. The lowest BCUT2D eigenvalue weighted by molar-refractivity contribution is -0.111. The highest BCUT2D eigenvalue weighted by atomic mass is 19.3. The molecule has 2 rings (SSSR count). The molecule has 0 aliphatic rings. The van der Waals surface area contributed by atoms with E-state index in [1.54, 1.807) is 25.1 Å². The first-order valence-electron chi connectivity index (χ1n) is 7.31. The van der Waals surface area contributed by atoms with Crippen molar-refractivity contribution < 1.29 is 28.2 Å². The number of carbonyl (C=O) groups is 1. The van der Waals surface area contributed by atoms with Crippen molar-refractivity contribution in [2.75, 3.05) is 12.4 Å². The number of ether oxygens (including phenoxy) is 2. The van der Waals surface area contributed by atoms with E-state index < -0.39 is 12.5 Å². The van der Waals surface area contributed by atoms with E-state index in [-0.39, 0.29) is 28.5 Å². The number of halogens is 2. The lowest BCUT2D eigenvalue weighted by Gasteiger charge is -2.12. The average molecular weight is 349 g/mol. The number of rotatable bonds is 6. The van der Waals surface area contributed by atoms with Crippen LogP contribution >= 0.6 is 0 Å². The molecule has 2 N–H and O–H groups in total. The van der Waals surface area contributed by atoms with Crippen molar-refractivity contribution in [3.8, 4) is 17.2 Å². The van der Waals surface area contributed by atoms with Crippen LogP contribution in [0.2, 0.25) is 0 Å². The van der Waals surface area contributed by atoms with Gasteiger partial charge in [-0.2, -0.15) is 8.78 Å². The van der Waals surface area contributed by atoms with Gasteiger partial charge in [-0.25, -0.2) is 0 Å². The molecule has 0 saturated heterocycles. The third-order valence-corrected chi connectivity index (χ3v) is 3.26. The van der Waals surface area contributed by atoms with E-state index in [2.05, 4.69) is 10.1 Å². The number of aromatic hydroxyl groups is 1. The van der Waals surface area contributed by atoms with E-state index in [9.17, 15) is 18.7 Å². The monoisotopic (exact) mass is 349 g/mol. The Morgan fingerprint density at radius 3 is 2.68 bits per heavy atom. The fourth-order valence-electron chi connectivity index (χ4n) is 2.13. The quantitative estimate of drug-likeness (QED) is 0.612. The highest BCUT2D eigenvalue weighted by Gasteiger charge is 2.14. The summed E-state index contributed by atoms with van der Waals surface area (Å²) in [6.45, 7) is -1.22. The fraction of sp³-hybridized carbons (Fsp3) is 0.167. The summed E-state index contributed by atoms with van der Waals surface area (Å²) >= 11 is 0. The molecule has 0 fully saturated rings. The molecule has 0 aliphatic carbocycles. The van der Waals surface area contributed by atoms with Crippen molar-refractivity contribution in [2.45, 2.75) is 13.5 Å². The minimum atomic E-state index is -3.03. The smallest absolute Gasteiger partial charge is 0.387 e. The lowest BCUT2D eigenvalue weighted by atomic mass is 10.1. The van der Waals surface area contributed by atoms with Crippen LogP contribution in [0, 0.1) is 6.92 Å². The molecule has 0 bridgehead atoms. The van der Waals surface area contributed by atoms with E-state index in [1.165, 1.54) is 31.4 Å². The van der Waals surface area contributed by atoms with Gasteiger partial charge in [0.25, 0.3) is 0 Å². The molecule has 0 heterocycles. The molecule has 0 spiro atoms. The zero-order valence-corrected chi connectivity index (χ0v) is 13.6. The summed E-state index contributed by atoms with van der Waals surface area (Å²) < 4.78 is 34.6. The van der Waals surface area contributed by atoms with Gasteiger partial charge in [-0.3, -0.25) is 4.79 Å². The third-order valence-electron chi connectivity index (χ3n) is 3.26. The van der Waals surface area contributed by atoms with Crippen LogP contribution in [0.3, 0.4) is 0 Å². The molecular formula is C18H17F2NO4. The number of carbonyl (C=O) groups excluding carboxylic acids is 1. The molecule has 0 unspecified atom stereocenters. The van der Waals surface area contributed by atoms with E-state index in [4.69, 9.17) is 4.74 Å². The topological polar surface area (TPSA) is 67.8 Å². The van der Waals surface area contributed by atoms with Gasteiger partial charge in [0, 0.05) is 11.6 Å². The molecule has 132 valence electrons.